The highest BCUT2D eigenvalue weighted by atomic mass is 35.5. The van der Waals surface area contributed by atoms with E-state index in [-0.39, 0.29) is 30.5 Å². The van der Waals surface area contributed by atoms with Gasteiger partial charge in [0.15, 0.2) is 17.3 Å². The number of carbonyl (C=O) groups excluding carboxylic acids is 1. The third kappa shape index (κ3) is 6.30. The molecule has 1 amide bonds. The van der Waals surface area contributed by atoms with Gasteiger partial charge in [-0.05, 0) is 36.4 Å². The molecule has 0 aliphatic rings. The van der Waals surface area contributed by atoms with Crippen molar-refractivity contribution in [2.24, 2.45) is 0 Å². The maximum Gasteiger partial charge on any atom is 0.287 e. The molecule has 1 aromatic heterocycles. The van der Waals surface area contributed by atoms with E-state index in [1.807, 2.05) is 12.1 Å². The summed E-state index contributed by atoms with van der Waals surface area (Å²) < 4.78 is 21.8. The van der Waals surface area contributed by atoms with Crippen molar-refractivity contribution < 1.29 is 28.5 Å². The van der Waals surface area contributed by atoms with Crippen molar-refractivity contribution in [2.75, 3.05) is 20.3 Å². The fraction of sp³-hybridized carbons (Fsp3) is 0.227. The third-order valence-electron chi connectivity index (χ3n) is 4.17. The molecule has 0 aliphatic heterocycles. The van der Waals surface area contributed by atoms with E-state index in [4.69, 9.17) is 41.8 Å². The van der Waals surface area contributed by atoms with Gasteiger partial charge in [-0.3, -0.25) is 4.79 Å². The Balaban J connectivity index is 1.45. The summed E-state index contributed by atoms with van der Waals surface area (Å²) in [5.74, 6) is 1.62. The van der Waals surface area contributed by atoms with Crippen LogP contribution in [0.1, 0.15) is 16.3 Å². The number of methoxy groups -OCH3 is 1. The highest BCUT2D eigenvalue weighted by molar-refractivity contribution is 6.42. The lowest BCUT2D eigenvalue weighted by atomic mass is 10.3. The monoisotopic (exact) mass is 465 g/mol. The van der Waals surface area contributed by atoms with Crippen LogP contribution in [0.25, 0.3) is 0 Å². The van der Waals surface area contributed by atoms with Gasteiger partial charge in [-0.15, -0.1) is 0 Å². The first-order valence-corrected chi connectivity index (χ1v) is 10.1. The van der Waals surface area contributed by atoms with E-state index in [1.165, 1.54) is 6.07 Å². The molecule has 1 unspecified atom stereocenters. The molecule has 3 aromatic rings. The number of aliphatic hydroxyl groups excluding tert-OH is 1. The van der Waals surface area contributed by atoms with Crippen LogP contribution in [-0.2, 0) is 6.61 Å². The molecule has 0 fully saturated rings. The Bertz CT molecular complexity index is 1020. The first-order chi connectivity index (χ1) is 15.0. The van der Waals surface area contributed by atoms with Crippen LogP contribution in [0.5, 0.6) is 17.2 Å². The summed E-state index contributed by atoms with van der Waals surface area (Å²) in [4.78, 5) is 12.3. The molecule has 0 saturated heterocycles. The summed E-state index contributed by atoms with van der Waals surface area (Å²) in [6.45, 7) is 0.0196. The fourth-order valence-corrected chi connectivity index (χ4v) is 2.95. The Morgan fingerprint density at radius 1 is 1.03 bits per heavy atom. The number of furan rings is 1. The largest absolute Gasteiger partial charge is 0.493 e. The molecule has 0 aliphatic carbocycles. The third-order valence-corrected chi connectivity index (χ3v) is 4.97. The minimum atomic E-state index is -0.956. The number of hydrogen-bond donors (Lipinski definition) is 2. The highest BCUT2D eigenvalue weighted by Gasteiger charge is 2.15. The van der Waals surface area contributed by atoms with Gasteiger partial charge in [0, 0.05) is 6.54 Å². The Labute approximate surface area is 189 Å². The molecule has 7 nitrogen and oxygen atoms in total. The minimum Gasteiger partial charge on any atom is -0.493 e. The molecule has 0 saturated carbocycles. The summed E-state index contributed by atoms with van der Waals surface area (Å²) in [5.41, 5.74) is 0. The van der Waals surface area contributed by atoms with Crippen LogP contribution < -0.4 is 19.5 Å². The van der Waals surface area contributed by atoms with E-state index in [9.17, 15) is 9.90 Å². The molecule has 0 spiro atoms. The predicted molar refractivity (Wildman–Crippen MR) is 116 cm³/mol. The van der Waals surface area contributed by atoms with Crippen molar-refractivity contribution in [2.45, 2.75) is 12.7 Å². The van der Waals surface area contributed by atoms with Gasteiger partial charge >= 0.3 is 0 Å². The van der Waals surface area contributed by atoms with Crippen molar-refractivity contribution in [1.82, 2.24) is 5.32 Å². The van der Waals surface area contributed by atoms with Crippen molar-refractivity contribution in [1.29, 1.82) is 0 Å². The van der Waals surface area contributed by atoms with E-state index >= 15 is 0 Å². The van der Waals surface area contributed by atoms with E-state index in [1.54, 1.807) is 43.5 Å². The second-order valence-electron chi connectivity index (χ2n) is 6.43. The summed E-state index contributed by atoms with van der Waals surface area (Å²) in [5, 5.41) is 13.3. The molecule has 1 heterocycles. The van der Waals surface area contributed by atoms with Crippen LogP contribution in [0.3, 0.4) is 0 Å². The molecule has 3 rings (SSSR count). The summed E-state index contributed by atoms with van der Waals surface area (Å²) in [6, 6.07) is 15.3. The van der Waals surface area contributed by atoms with Gasteiger partial charge in [0.1, 0.15) is 35.9 Å². The smallest absolute Gasteiger partial charge is 0.287 e. The second-order valence-corrected chi connectivity index (χ2v) is 7.22. The lowest BCUT2D eigenvalue weighted by Crippen LogP contribution is -2.35. The number of halogens is 2. The first kappa shape index (κ1) is 22.8. The lowest BCUT2D eigenvalue weighted by Gasteiger charge is -2.14. The summed E-state index contributed by atoms with van der Waals surface area (Å²) in [6.07, 6.45) is -0.956. The van der Waals surface area contributed by atoms with E-state index in [2.05, 4.69) is 5.32 Å². The maximum absolute atomic E-state index is 12.3. The fourth-order valence-electron chi connectivity index (χ4n) is 2.60. The first-order valence-electron chi connectivity index (χ1n) is 9.35. The minimum absolute atomic E-state index is 0.0369. The van der Waals surface area contributed by atoms with Gasteiger partial charge in [0.25, 0.3) is 5.91 Å². The molecule has 9 heteroatoms. The molecular weight excluding hydrogens is 445 g/mol. The van der Waals surface area contributed by atoms with Gasteiger partial charge in [-0.1, -0.05) is 41.4 Å². The number of hydrogen-bond acceptors (Lipinski definition) is 6. The van der Waals surface area contributed by atoms with Crippen molar-refractivity contribution in [3.05, 3.63) is 76.2 Å². The topological polar surface area (TPSA) is 90.2 Å². The van der Waals surface area contributed by atoms with E-state index in [0.29, 0.717) is 28.0 Å². The van der Waals surface area contributed by atoms with Crippen LogP contribution in [0.2, 0.25) is 10.0 Å². The molecule has 2 N–H and O–H groups in total. The normalized spacial score (nSPS) is 11.6. The standard InChI is InChI=1S/C22H21Cl2NO6/c1-28-17-6-2-3-7-18(17)30-13-15-9-10-20(31-15)22(27)25-11-14(26)12-29-19-8-4-5-16(23)21(19)24/h2-10,14,26H,11-13H2,1H3,(H,25,27). The number of amides is 1. The SMILES string of the molecule is COc1ccccc1OCc1ccc(C(=O)NCC(O)COc2cccc(Cl)c2Cl)o1. The zero-order chi connectivity index (χ0) is 22.2. The lowest BCUT2D eigenvalue weighted by molar-refractivity contribution is 0.0819. The van der Waals surface area contributed by atoms with Crippen LogP contribution in [-0.4, -0.2) is 37.4 Å². The van der Waals surface area contributed by atoms with Crippen molar-refractivity contribution in [3.8, 4) is 17.2 Å². The van der Waals surface area contributed by atoms with Gasteiger partial charge in [-0.25, -0.2) is 0 Å². The number of carbonyl (C=O) groups is 1. The van der Waals surface area contributed by atoms with Crippen molar-refractivity contribution in [3.63, 3.8) is 0 Å². The van der Waals surface area contributed by atoms with Crippen LogP contribution in [0.4, 0.5) is 0 Å². The summed E-state index contributed by atoms with van der Waals surface area (Å²) in [7, 11) is 1.56. The average Bonchev–Trinajstić information content (AvgIpc) is 3.26. The number of rotatable bonds is 10. The van der Waals surface area contributed by atoms with Crippen LogP contribution >= 0.6 is 23.2 Å². The Kier molecular flexibility index (Phi) is 8.06. The molecule has 0 radical (unpaired) electrons. The second kappa shape index (κ2) is 10.9. The van der Waals surface area contributed by atoms with Gasteiger partial charge in [-0.2, -0.15) is 0 Å². The zero-order valence-corrected chi connectivity index (χ0v) is 18.2. The predicted octanol–water partition coefficient (Wildman–Crippen LogP) is 4.34. The number of para-hydroxylation sites is 2. The van der Waals surface area contributed by atoms with Crippen LogP contribution in [0.15, 0.2) is 59.0 Å². The highest BCUT2D eigenvalue weighted by Crippen LogP contribution is 2.31. The van der Waals surface area contributed by atoms with Crippen molar-refractivity contribution >= 4 is 29.1 Å². The molecular formula is C22H21Cl2NO6. The Hall–Kier alpha value is -2.87. The Morgan fingerprint density at radius 2 is 1.77 bits per heavy atom. The maximum atomic E-state index is 12.3. The van der Waals surface area contributed by atoms with Gasteiger partial charge in [0.05, 0.1) is 12.1 Å². The number of ether oxygens (including phenoxy) is 3. The molecule has 31 heavy (non-hydrogen) atoms. The average molecular weight is 466 g/mol. The van der Waals surface area contributed by atoms with Gasteiger partial charge < -0.3 is 29.1 Å². The summed E-state index contributed by atoms with van der Waals surface area (Å²) >= 11 is 11.9. The number of benzene rings is 2. The van der Waals surface area contributed by atoms with E-state index < -0.39 is 12.0 Å². The zero-order valence-electron chi connectivity index (χ0n) is 16.6. The Morgan fingerprint density at radius 3 is 2.55 bits per heavy atom. The molecule has 1 atom stereocenters. The molecule has 2 aromatic carbocycles. The van der Waals surface area contributed by atoms with Gasteiger partial charge in [0.2, 0.25) is 0 Å². The number of nitrogens with one attached hydrogen (secondary N) is 1. The van der Waals surface area contributed by atoms with E-state index in [0.717, 1.165) is 0 Å². The van der Waals surface area contributed by atoms with Crippen LogP contribution in [0, 0.1) is 0 Å². The number of aliphatic hydroxyl groups is 1. The quantitative estimate of drug-likeness (QED) is 0.462. The molecule has 0 bridgehead atoms. The molecule has 164 valence electrons.